The van der Waals surface area contributed by atoms with Crippen molar-refractivity contribution in [2.45, 2.75) is 61.9 Å². The highest BCUT2D eigenvalue weighted by Gasteiger charge is 2.36. The van der Waals surface area contributed by atoms with E-state index >= 15 is 0 Å². The number of nitrogens with one attached hydrogen (secondary N) is 2. The monoisotopic (exact) mass is 588 g/mol. The molecule has 42 heavy (non-hydrogen) atoms. The van der Waals surface area contributed by atoms with Crippen LogP contribution in [0.2, 0.25) is 0 Å². The number of rotatable bonds is 11. The Morgan fingerprint density at radius 1 is 0.714 bits per heavy atom. The normalized spacial score (nSPS) is 27.6. The molecule has 226 valence electrons. The van der Waals surface area contributed by atoms with Crippen LogP contribution in [0.5, 0.6) is 0 Å². The van der Waals surface area contributed by atoms with Gasteiger partial charge in [0.15, 0.2) is 34.0 Å². The molecule has 2 fully saturated rings. The summed E-state index contributed by atoms with van der Waals surface area (Å²) in [5, 5.41) is 66.1. The van der Waals surface area contributed by atoms with Crippen LogP contribution in [0, 0.1) is 0 Å². The molecule has 2 aliphatic rings. The van der Waals surface area contributed by atoms with Gasteiger partial charge >= 0.3 is 0 Å². The highest BCUT2D eigenvalue weighted by atomic mass is 16.5. The molecule has 18 nitrogen and oxygen atoms in total. The topological polar surface area (TPSA) is 251 Å². The van der Waals surface area contributed by atoms with Crippen LogP contribution in [0.25, 0.3) is 22.3 Å². The Morgan fingerprint density at radius 2 is 1.14 bits per heavy atom. The van der Waals surface area contributed by atoms with Crippen LogP contribution in [-0.2, 0) is 9.47 Å². The van der Waals surface area contributed by atoms with Gasteiger partial charge in [0.1, 0.15) is 37.3 Å². The summed E-state index contributed by atoms with van der Waals surface area (Å²) in [5.74, 6) is 0.668. The van der Waals surface area contributed by atoms with E-state index in [1.54, 1.807) is 9.13 Å². The van der Waals surface area contributed by atoms with Crippen LogP contribution >= 0.6 is 0 Å². The summed E-state index contributed by atoms with van der Waals surface area (Å²) in [6, 6.07) is 0. The molecule has 18 heteroatoms. The molecule has 0 radical (unpaired) electrons. The molecule has 2 aliphatic heterocycles. The van der Waals surface area contributed by atoms with Crippen molar-refractivity contribution in [1.82, 2.24) is 39.0 Å². The molecule has 0 unspecified atom stereocenters. The minimum absolute atomic E-state index is 0.0613. The first-order chi connectivity index (χ1) is 20.4. The van der Waals surface area contributed by atoms with E-state index < -0.39 is 49.1 Å². The van der Waals surface area contributed by atoms with Gasteiger partial charge in [-0.3, -0.25) is 9.13 Å². The minimum atomic E-state index is -1.21. The first-order valence-electron chi connectivity index (χ1n) is 13.5. The summed E-state index contributed by atoms with van der Waals surface area (Å²) in [7, 11) is 0. The number of aromatic nitrogens is 8. The molecule has 0 aliphatic carbocycles. The molecule has 0 amide bonds. The van der Waals surface area contributed by atoms with E-state index in [1.165, 1.54) is 25.3 Å². The average Bonchev–Trinajstić information content (AvgIpc) is 3.78. The third-order valence-corrected chi connectivity index (χ3v) is 7.51. The number of nitrogens with zero attached hydrogens (tertiary/aromatic N) is 8. The number of aliphatic hydroxyl groups excluding tert-OH is 6. The molecule has 0 spiro atoms. The lowest BCUT2D eigenvalue weighted by Gasteiger charge is -2.19. The van der Waals surface area contributed by atoms with E-state index in [2.05, 4.69) is 40.5 Å². The van der Waals surface area contributed by atoms with Gasteiger partial charge in [0.05, 0.1) is 50.3 Å². The van der Waals surface area contributed by atoms with Crippen molar-refractivity contribution in [2.24, 2.45) is 0 Å². The smallest absolute Gasteiger partial charge is 0.167 e. The van der Waals surface area contributed by atoms with E-state index in [9.17, 15) is 30.6 Å². The molecule has 4 aromatic rings. The first kappa shape index (κ1) is 28.5. The third kappa shape index (κ3) is 5.34. The van der Waals surface area contributed by atoms with Gasteiger partial charge in [-0.25, -0.2) is 29.9 Å². The summed E-state index contributed by atoms with van der Waals surface area (Å²) in [4.78, 5) is 25.6. The van der Waals surface area contributed by atoms with Crippen LogP contribution in [0.4, 0.5) is 11.6 Å². The predicted octanol–water partition coefficient (Wildman–Crippen LogP) is -2.51. The summed E-state index contributed by atoms with van der Waals surface area (Å²) in [6.07, 6.45) is -0.353. The minimum Gasteiger partial charge on any atom is -0.394 e. The van der Waals surface area contributed by atoms with Crippen molar-refractivity contribution in [3.05, 3.63) is 25.3 Å². The van der Waals surface area contributed by atoms with Gasteiger partial charge in [-0.05, 0) is 0 Å². The molecule has 8 atom stereocenters. The molecular weight excluding hydrogens is 556 g/mol. The second kappa shape index (κ2) is 11.9. The van der Waals surface area contributed by atoms with Crippen LogP contribution in [0.1, 0.15) is 25.3 Å². The van der Waals surface area contributed by atoms with Crippen LogP contribution in [-0.4, -0.2) is 133 Å². The van der Waals surface area contributed by atoms with E-state index in [0.29, 0.717) is 34.0 Å². The van der Waals surface area contributed by atoms with E-state index in [1.807, 2.05) is 0 Å². The summed E-state index contributed by atoms with van der Waals surface area (Å²) >= 11 is 0. The van der Waals surface area contributed by atoms with Crippen LogP contribution in [0.3, 0.4) is 0 Å². The number of hydrogen-bond donors (Lipinski definition) is 8. The summed E-state index contributed by atoms with van der Waals surface area (Å²) < 4.78 is 14.7. The van der Waals surface area contributed by atoms with Crippen molar-refractivity contribution in [3.8, 4) is 0 Å². The number of anilines is 2. The maximum atomic E-state index is 10.6. The number of imidazole rings is 2. The second-order valence-electron chi connectivity index (χ2n) is 10.2. The average molecular weight is 589 g/mol. The van der Waals surface area contributed by atoms with Crippen molar-refractivity contribution in [3.63, 3.8) is 0 Å². The Kier molecular flexibility index (Phi) is 8.10. The summed E-state index contributed by atoms with van der Waals surface area (Å²) in [5.41, 5.74) is 1.70. The fraction of sp³-hybridized carbons (Fsp3) is 0.583. The number of aliphatic hydroxyl groups is 6. The fourth-order valence-electron chi connectivity index (χ4n) is 5.16. The maximum Gasteiger partial charge on any atom is 0.167 e. The summed E-state index contributed by atoms with van der Waals surface area (Å²) in [6.45, 7) is -0.736. The highest BCUT2D eigenvalue weighted by molar-refractivity contribution is 5.83. The van der Waals surface area contributed by atoms with E-state index in [0.717, 1.165) is 0 Å². The molecule has 0 bridgehead atoms. The Hall–Kier alpha value is -3.62. The lowest BCUT2D eigenvalue weighted by molar-refractivity contribution is -0.0432. The maximum absolute atomic E-state index is 10.6. The van der Waals surface area contributed by atoms with Crippen molar-refractivity contribution < 1.29 is 40.1 Å². The van der Waals surface area contributed by atoms with E-state index in [4.69, 9.17) is 9.47 Å². The van der Waals surface area contributed by atoms with Crippen molar-refractivity contribution in [2.75, 3.05) is 36.9 Å². The first-order valence-corrected chi connectivity index (χ1v) is 13.5. The molecule has 6 rings (SSSR count). The van der Waals surface area contributed by atoms with Gasteiger partial charge < -0.3 is 50.7 Å². The molecule has 8 N–H and O–H groups in total. The molecule has 6 heterocycles. The van der Waals surface area contributed by atoms with Gasteiger partial charge in [-0.2, -0.15) is 0 Å². The van der Waals surface area contributed by atoms with Crippen molar-refractivity contribution in [1.29, 1.82) is 0 Å². The Labute approximate surface area is 237 Å². The number of fused-ring (bicyclic) bond motifs is 2. The van der Waals surface area contributed by atoms with Gasteiger partial charge in [0.25, 0.3) is 0 Å². The highest BCUT2D eigenvalue weighted by Crippen LogP contribution is 2.33. The van der Waals surface area contributed by atoms with Crippen molar-refractivity contribution >= 4 is 34.0 Å². The fourth-order valence-corrected chi connectivity index (χ4v) is 5.16. The lowest BCUT2D eigenvalue weighted by atomic mass is 10.2. The molecule has 0 aromatic carbocycles. The zero-order valence-electron chi connectivity index (χ0n) is 22.2. The largest absolute Gasteiger partial charge is 0.394 e. The van der Waals surface area contributed by atoms with Gasteiger partial charge in [-0.1, -0.05) is 0 Å². The van der Waals surface area contributed by atoms with Gasteiger partial charge in [0, 0.05) is 25.9 Å². The van der Waals surface area contributed by atoms with Crippen LogP contribution in [0.15, 0.2) is 25.3 Å². The second-order valence-corrected chi connectivity index (χ2v) is 10.2. The Morgan fingerprint density at radius 3 is 1.52 bits per heavy atom. The van der Waals surface area contributed by atoms with E-state index in [-0.39, 0.29) is 39.1 Å². The standard InChI is InChI=1S/C24H32N10O8/c35-5-15-11(37)1-17(41-15)33-9-31-19-21(27-7-29-23(19)33)25-3-13(39)14(40)4-26-22-20-24(30-8-28-22)34(10-32-20)18-2-12(38)16(6-36)42-18/h7-18,35-40H,1-6H2,(H,25,27,29)(H,26,28,30)/t11-,12-,13-,14-,15+,16+,17+,18+/m0/s1. The molecule has 4 aromatic heterocycles. The van der Waals surface area contributed by atoms with Crippen LogP contribution < -0.4 is 10.6 Å². The Bertz CT molecular complexity index is 1410. The van der Waals surface area contributed by atoms with Gasteiger partial charge in [0.2, 0.25) is 0 Å². The quantitative estimate of drug-likeness (QED) is 0.0901. The Balaban J connectivity index is 1.07. The zero-order valence-corrected chi connectivity index (χ0v) is 22.2. The number of ether oxygens (including phenoxy) is 2. The molecule has 2 saturated heterocycles. The van der Waals surface area contributed by atoms with Gasteiger partial charge in [-0.15, -0.1) is 0 Å². The number of hydrogen-bond acceptors (Lipinski definition) is 16. The lowest BCUT2D eigenvalue weighted by Crippen LogP contribution is -2.37. The third-order valence-electron chi connectivity index (χ3n) is 7.51. The zero-order chi connectivity index (χ0) is 29.4. The molecule has 0 saturated carbocycles. The molecular formula is C24H32N10O8. The predicted molar refractivity (Wildman–Crippen MR) is 143 cm³/mol. The SMILES string of the molecule is OC[C@H]1O[C@@H](n2cnc3c(NC[C@H](O)[C@@H](O)CNc4ncnc5c4ncn5[C@H]4C[C@H](O)[C@@H](CO)O4)ncnc32)C[C@@H]1O.